The van der Waals surface area contributed by atoms with Crippen molar-refractivity contribution in [1.82, 2.24) is 4.98 Å². The topological polar surface area (TPSA) is 62.2 Å². The second-order valence-electron chi connectivity index (χ2n) is 4.39. The summed E-state index contributed by atoms with van der Waals surface area (Å²) in [6.07, 6.45) is 0. The lowest BCUT2D eigenvalue weighted by Gasteiger charge is -2.12. The lowest BCUT2D eigenvalue weighted by Crippen LogP contribution is -2.08. The van der Waals surface area contributed by atoms with Gasteiger partial charge in [-0.3, -0.25) is 0 Å². The van der Waals surface area contributed by atoms with E-state index in [1.165, 1.54) is 0 Å². The molecule has 0 unspecified atom stereocenters. The molecule has 0 bridgehead atoms. The molecule has 20 heavy (non-hydrogen) atoms. The van der Waals surface area contributed by atoms with Crippen LogP contribution in [-0.2, 0) is 0 Å². The lowest BCUT2D eigenvalue weighted by atomic mass is 10.1. The molecule has 2 N–H and O–H groups in total. The summed E-state index contributed by atoms with van der Waals surface area (Å²) in [5, 5.41) is 11.8. The number of hydrogen-bond acceptors (Lipinski definition) is 3. The Morgan fingerprint density at radius 1 is 1.15 bits per heavy atom. The van der Waals surface area contributed by atoms with Gasteiger partial charge in [-0.1, -0.05) is 0 Å². The highest BCUT2D eigenvalue weighted by atomic mass is 19.1. The van der Waals surface area contributed by atoms with Crippen molar-refractivity contribution in [3.05, 3.63) is 52.7 Å². The second kappa shape index (κ2) is 5.24. The van der Waals surface area contributed by atoms with Crippen molar-refractivity contribution in [3.63, 3.8) is 0 Å². The first-order valence-corrected chi connectivity index (χ1v) is 5.81. The monoisotopic (exact) mass is 278 g/mol. The van der Waals surface area contributed by atoms with E-state index in [4.69, 9.17) is 0 Å². The fourth-order valence-corrected chi connectivity index (χ4v) is 1.96. The number of benzene rings is 1. The summed E-state index contributed by atoms with van der Waals surface area (Å²) in [6, 6.07) is 4.49. The van der Waals surface area contributed by atoms with E-state index in [-0.39, 0.29) is 17.1 Å². The lowest BCUT2D eigenvalue weighted by molar-refractivity contribution is 0.0697. The fraction of sp³-hybridized carbons (Fsp3) is 0.143. The summed E-state index contributed by atoms with van der Waals surface area (Å²) in [5.74, 6) is -2.61. The maximum atomic E-state index is 13.1. The third kappa shape index (κ3) is 2.90. The van der Waals surface area contributed by atoms with Gasteiger partial charge < -0.3 is 10.4 Å². The predicted molar refractivity (Wildman–Crippen MR) is 70.3 cm³/mol. The highest BCUT2D eigenvalue weighted by Gasteiger charge is 2.16. The van der Waals surface area contributed by atoms with Gasteiger partial charge >= 0.3 is 5.97 Å². The Hall–Kier alpha value is -2.50. The fourth-order valence-electron chi connectivity index (χ4n) is 1.96. The van der Waals surface area contributed by atoms with E-state index in [2.05, 4.69) is 10.3 Å². The SMILES string of the molecule is Cc1cc(C)c(C(=O)O)c(Nc2cc(F)cc(F)c2)n1. The standard InChI is InChI=1S/C14H12F2N2O2/c1-7-3-8(2)17-13(12(7)14(19)20)18-11-5-9(15)4-10(16)6-11/h3-6H,1-2H3,(H,17,18)(H,19,20). The molecule has 0 aliphatic heterocycles. The van der Waals surface area contributed by atoms with Crippen LogP contribution in [0.4, 0.5) is 20.3 Å². The van der Waals surface area contributed by atoms with Crippen molar-refractivity contribution >= 4 is 17.5 Å². The zero-order valence-corrected chi connectivity index (χ0v) is 10.9. The number of carbonyl (C=O) groups is 1. The van der Waals surface area contributed by atoms with Crippen LogP contribution in [0.25, 0.3) is 0 Å². The average molecular weight is 278 g/mol. The molecule has 0 fully saturated rings. The first-order chi connectivity index (χ1) is 9.36. The Kier molecular flexibility index (Phi) is 3.65. The number of anilines is 2. The Balaban J connectivity index is 2.49. The number of aromatic carboxylic acids is 1. The van der Waals surface area contributed by atoms with Gasteiger partial charge in [0, 0.05) is 17.4 Å². The third-order valence-corrected chi connectivity index (χ3v) is 2.68. The van der Waals surface area contributed by atoms with Gasteiger partial charge in [-0.05, 0) is 37.6 Å². The number of nitrogens with one attached hydrogen (secondary N) is 1. The summed E-state index contributed by atoms with van der Waals surface area (Å²) in [7, 11) is 0. The maximum Gasteiger partial charge on any atom is 0.339 e. The van der Waals surface area contributed by atoms with Gasteiger partial charge in [-0.15, -0.1) is 0 Å². The first kappa shape index (κ1) is 13.9. The quantitative estimate of drug-likeness (QED) is 0.903. The predicted octanol–water partition coefficient (Wildman–Crippen LogP) is 3.42. The highest BCUT2D eigenvalue weighted by Crippen LogP contribution is 2.23. The number of halogens is 2. The first-order valence-electron chi connectivity index (χ1n) is 5.81. The summed E-state index contributed by atoms with van der Waals surface area (Å²) in [5.41, 5.74) is 1.19. The highest BCUT2D eigenvalue weighted by molar-refractivity contribution is 5.95. The molecule has 0 saturated heterocycles. The largest absolute Gasteiger partial charge is 0.478 e. The molecule has 4 nitrogen and oxygen atoms in total. The van der Waals surface area contributed by atoms with Gasteiger partial charge in [0.2, 0.25) is 0 Å². The van der Waals surface area contributed by atoms with Gasteiger partial charge in [0.05, 0.1) is 0 Å². The van der Waals surface area contributed by atoms with Crippen LogP contribution >= 0.6 is 0 Å². The van der Waals surface area contributed by atoms with Gasteiger partial charge in [0.15, 0.2) is 0 Å². The van der Waals surface area contributed by atoms with E-state index in [9.17, 15) is 18.7 Å². The third-order valence-electron chi connectivity index (χ3n) is 2.68. The molecule has 0 saturated carbocycles. The van der Waals surface area contributed by atoms with Crippen LogP contribution in [0, 0.1) is 25.5 Å². The van der Waals surface area contributed by atoms with Crippen LogP contribution in [0.5, 0.6) is 0 Å². The molecule has 0 aliphatic carbocycles. The van der Waals surface area contributed by atoms with E-state index in [1.54, 1.807) is 19.9 Å². The molecule has 1 aromatic carbocycles. The second-order valence-corrected chi connectivity index (χ2v) is 4.39. The zero-order chi connectivity index (χ0) is 14.9. The molecule has 0 aliphatic rings. The van der Waals surface area contributed by atoms with Gasteiger partial charge in [0.25, 0.3) is 0 Å². The minimum absolute atomic E-state index is 0.0275. The summed E-state index contributed by atoms with van der Waals surface area (Å²) >= 11 is 0. The van der Waals surface area contributed by atoms with Gasteiger partial charge in [-0.25, -0.2) is 18.6 Å². The molecule has 0 radical (unpaired) electrons. The molecule has 2 rings (SSSR count). The molecule has 0 atom stereocenters. The molecular weight excluding hydrogens is 266 g/mol. The normalized spacial score (nSPS) is 10.4. The van der Waals surface area contributed by atoms with Crippen LogP contribution in [0.1, 0.15) is 21.6 Å². The molecule has 1 heterocycles. The minimum Gasteiger partial charge on any atom is -0.478 e. The molecule has 0 amide bonds. The van der Waals surface area contributed by atoms with Crippen molar-refractivity contribution in [2.45, 2.75) is 13.8 Å². The number of carboxylic acid groups (broad SMARTS) is 1. The number of nitrogens with zero attached hydrogens (tertiary/aromatic N) is 1. The Labute approximate surface area is 114 Å². The number of carboxylic acids is 1. The van der Waals surface area contributed by atoms with Crippen molar-refractivity contribution in [1.29, 1.82) is 0 Å². The summed E-state index contributed by atoms with van der Waals surface area (Å²) in [6.45, 7) is 3.34. The maximum absolute atomic E-state index is 13.1. The smallest absolute Gasteiger partial charge is 0.339 e. The summed E-state index contributed by atoms with van der Waals surface area (Å²) < 4.78 is 26.3. The number of aromatic nitrogens is 1. The van der Waals surface area contributed by atoms with Gasteiger partial charge in [0.1, 0.15) is 23.0 Å². The van der Waals surface area contributed by atoms with Crippen LogP contribution in [0.3, 0.4) is 0 Å². The van der Waals surface area contributed by atoms with Crippen LogP contribution in [0.15, 0.2) is 24.3 Å². The van der Waals surface area contributed by atoms with E-state index in [1.807, 2.05) is 0 Å². The Morgan fingerprint density at radius 2 is 1.75 bits per heavy atom. The molecule has 0 spiro atoms. The molecule has 104 valence electrons. The number of rotatable bonds is 3. The molecule has 2 aromatic rings. The number of hydrogen-bond donors (Lipinski definition) is 2. The van der Waals surface area contributed by atoms with Crippen LogP contribution in [-0.4, -0.2) is 16.1 Å². The number of pyridine rings is 1. The van der Waals surface area contributed by atoms with E-state index < -0.39 is 17.6 Å². The van der Waals surface area contributed by atoms with Crippen molar-refractivity contribution < 1.29 is 18.7 Å². The van der Waals surface area contributed by atoms with Crippen LogP contribution < -0.4 is 5.32 Å². The van der Waals surface area contributed by atoms with E-state index in [0.29, 0.717) is 11.3 Å². The Morgan fingerprint density at radius 3 is 2.30 bits per heavy atom. The van der Waals surface area contributed by atoms with Crippen molar-refractivity contribution in [3.8, 4) is 0 Å². The van der Waals surface area contributed by atoms with Crippen molar-refractivity contribution in [2.24, 2.45) is 0 Å². The number of aryl methyl sites for hydroxylation is 2. The summed E-state index contributed by atoms with van der Waals surface area (Å²) in [4.78, 5) is 15.3. The van der Waals surface area contributed by atoms with E-state index >= 15 is 0 Å². The van der Waals surface area contributed by atoms with Gasteiger partial charge in [-0.2, -0.15) is 0 Å². The Bertz CT molecular complexity index is 667. The average Bonchev–Trinajstić information content (AvgIpc) is 2.25. The van der Waals surface area contributed by atoms with Crippen molar-refractivity contribution in [2.75, 3.05) is 5.32 Å². The molecule has 1 aromatic heterocycles. The zero-order valence-electron chi connectivity index (χ0n) is 10.9. The van der Waals surface area contributed by atoms with Crippen LogP contribution in [0.2, 0.25) is 0 Å². The molecule has 6 heteroatoms. The van der Waals surface area contributed by atoms with E-state index in [0.717, 1.165) is 18.2 Å². The molecular formula is C14H12F2N2O2. The minimum atomic E-state index is -1.16.